The molecule has 0 aliphatic carbocycles. The van der Waals surface area contributed by atoms with Crippen molar-refractivity contribution in [3.05, 3.63) is 43.8 Å². The monoisotopic (exact) mass is 328 g/mol. The van der Waals surface area contributed by atoms with Crippen molar-refractivity contribution in [2.75, 3.05) is 0 Å². The van der Waals surface area contributed by atoms with Crippen molar-refractivity contribution in [3.63, 3.8) is 0 Å². The number of halogens is 1. The first-order valence-corrected chi connectivity index (χ1v) is 8.29. The Morgan fingerprint density at radius 1 is 1.18 bits per heavy atom. The molecule has 3 heteroatoms. The van der Waals surface area contributed by atoms with Crippen LogP contribution in [0.2, 0.25) is 0 Å². The molecule has 0 saturated carbocycles. The lowest BCUT2D eigenvalue weighted by Gasteiger charge is -2.15. The molecule has 0 aliphatic heterocycles. The summed E-state index contributed by atoms with van der Waals surface area (Å²) in [6, 6.07) is 6.70. The van der Waals surface area contributed by atoms with Crippen LogP contribution in [0.5, 0.6) is 0 Å². The molecule has 0 N–H and O–H groups in total. The molecule has 0 aliphatic rings. The topological polar surface area (TPSA) is 0 Å². The summed E-state index contributed by atoms with van der Waals surface area (Å²) >= 11 is 7.57. The highest BCUT2D eigenvalue weighted by atomic mass is 79.9. The highest BCUT2D eigenvalue weighted by Crippen LogP contribution is 2.41. The van der Waals surface area contributed by atoms with Crippen LogP contribution in [0.15, 0.2) is 23.6 Å². The Balaban J connectivity index is 2.30. The van der Waals surface area contributed by atoms with Gasteiger partial charge in [0.1, 0.15) is 0 Å². The van der Waals surface area contributed by atoms with Crippen molar-refractivity contribution in [2.24, 2.45) is 0 Å². The van der Waals surface area contributed by atoms with Crippen molar-refractivity contribution in [1.29, 1.82) is 0 Å². The Morgan fingerprint density at radius 3 is 2.35 bits per heavy atom. The van der Waals surface area contributed by atoms with Crippen LogP contribution in [0, 0.1) is 6.92 Å². The lowest BCUT2D eigenvalue weighted by atomic mass is 9.95. The van der Waals surface area contributed by atoms with Gasteiger partial charge in [0.05, 0.1) is 4.83 Å². The van der Waals surface area contributed by atoms with Gasteiger partial charge in [-0.1, -0.05) is 36.7 Å². The number of rotatable bonds is 2. The summed E-state index contributed by atoms with van der Waals surface area (Å²) in [4.78, 5) is 4.63. The van der Waals surface area contributed by atoms with E-state index in [1.807, 2.05) is 22.7 Å². The first-order chi connectivity index (χ1) is 7.89. The molecule has 1 atom stereocenters. The standard InChI is InChI=1S/C14H17BrS2/c1-9-7-8-16-13(9)12(15)10-5-6-11(17-10)14(2,3)4/h5-8,12H,1-4H3. The number of hydrogen-bond acceptors (Lipinski definition) is 2. The number of alkyl halides is 1. The summed E-state index contributed by atoms with van der Waals surface area (Å²) < 4.78 is 0. The summed E-state index contributed by atoms with van der Waals surface area (Å²) in [5, 5.41) is 2.16. The molecule has 92 valence electrons. The van der Waals surface area contributed by atoms with Crippen molar-refractivity contribution in [3.8, 4) is 0 Å². The highest BCUT2D eigenvalue weighted by molar-refractivity contribution is 9.09. The smallest absolute Gasteiger partial charge is 0.0833 e. The second-order valence-electron chi connectivity index (χ2n) is 5.28. The first-order valence-electron chi connectivity index (χ1n) is 5.68. The number of aryl methyl sites for hydroxylation is 1. The van der Waals surface area contributed by atoms with E-state index in [1.165, 1.54) is 20.2 Å². The van der Waals surface area contributed by atoms with E-state index in [2.05, 4.69) is 67.2 Å². The van der Waals surface area contributed by atoms with E-state index >= 15 is 0 Å². The van der Waals surface area contributed by atoms with E-state index < -0.39 is 0 Å². The molecule has 0 radical (unpaired) electrons. The molecule has 1 unspecified atom stereocenters. The minimum absolute atomic E-state index is 0.250. The van der Waals surface area contributed by atoms with Gasteiger partial charge in [-0.25, -0.2) is 0 Å². The highest BCUT2D eigenvalue weighted by Gasteiger charge is 2.20. The molecule has 0 nitrogen and oxygen atoms in total. The molecule has 2 aromatic heterocycles. The Bertz CT molecular complexity index is 502. The zero-order valence-electron chi connectivity index (χ0n) is 10.6. The predicted molar refractivity (Wildman–Crippen MR) is 82.8 cm³/mol. The zero-order valence-corrected chi connectivity index (χ0v) is 13.8. The van der Waals surface area contributed by atoms with Crippen LogP contribution in [-0.2, 0) is 5.41 Å². The van der Waals surface area contributed by atoms with Crippen LogP contribution in [0.25, 0.3) is 0 Å². The summed E-state index contributed by atoms with van der Waals surface area (Å²) in [6.07, 6.45) is 0. The van der Waals surface area contributed by atoms with E-state index in [4.69, 9.17) is 0 Å². The second kappa shape index (κ2) is 4.87. The largest absolute Gasteiger partial charge is 0.147 e. The van der Waals surface area contributed by atoms with Gasteiger partial charge in [0, 0.05) is 14.6 Å². The maximum atomic E-state index is 3.82. The normalized spacial score (nSPS) is 13.9. The Morgan fingerprint density at radius 2 is 1.88 bits per heavy atom. The van der Waals surface area contributed by atoms with Crippen LogP contribution < -0.4 is 0 Å². The molecule has 2 heterocycles. The third-order valence-electron chi connectivity index (χ3n) is 2.75. The van der Waals surface area contributed by atoms with Gasteiger partial charge in [-0.15, -0.1) is 22.7 Å². The predicted octanol–water partition coefficient (Wildman–Crippen LogP) is 5.90. The third-order valence-corrected chi connectivity index (χ3v) is 6.96. The summed E-state index contributed by atoms with van der Waals surface area (Å²) in [7, 11) is 0. The molecule has 0 fully saturated rings. The summed E-state index contributed by atoms with van der Waals surface area (Å²) in [5.41, 5.74) is 1.63. The average molecular weight is 329 g/mol. The molecule has 0 spiro atoms. The van der Waals surface area contributed by atoms with Gasteiger partial charge in [-0.05, 0) is 41.5 Å². The van der Waals surface area contributed by atoms with Gasteiger partial charge in [0.15, 0.2) is 0 Å². The van der Waals surface area contributed by atoms with E-state index in [9.17, 15) is 0 Å². The van der Waals surface area contributed by atoms with Crippen molar-refractivity contribution in [1.82, 2.24) is 0 Å². The Kier molecular flexibility index (Phi) is 3.81. The van der Waals surface area contributed by atoms with Gasteiger partial charge in [-0.2, -0.15) is 0 Å². The SMILES string of the molecule is Cc1ccsc1C(Br)c1ccc(C(C)(C)C)s1. The van der Waals surface area contributed by atoms with Crippen LogP contribution in [0.4, 0.5) is 0 Å². The average Bonchev–Trinajstić information content (AvgIpc) is 2.83. The van der Waals surface area contributed by atoms with Gasteiger partial charge in [0.25, 0.3) is 0 Å². The quantitative estimate of drug-likeness (QED) is 0.602. The van der Waals surface area contributed by atoms with Crippen molar-refractivity contribution >= 4 is 38.6 Å². The lowest BCUT2D eigenvalue weighted by molar-refractivity contribution is 0.604. The van der Waals surface area contributed by atoms with Gasteiger partial charge in [-0.3, -0.25) is 0 Å². The van der Waals surface area contributed by atoms with E-state index in [0.29, 0.717) is 4.83 Å². The molecule has 0 saturated heterocycles. The van der Waals surface area contributed by atoms with Crippen LogP contribution in [-0.4, -0.2) is 0 Å². The van der Waals surface area contributed by atoms with E-state index in [-0.39, 0.29) is 5.41 Å². The zero-order chi connectivity index (χ0) is 12.6. The maximum absolute atomic E-state index is 3.82. The molecular weight excluding hydrogens is 312 g/mol. The van der Waals surface area contributed by atoms with E-state index in [0.717, 1.165) is 0 Å². The van der Waals surface area contributed by atoms with E-state index in [1.54, 1.807) is 0 Å². The van der Waals surface area contributed by atoms with Crippen LogP contribution >= 0.6 is 38.6 Å². The minimum Gasteiger partial charge on any atom is -0.147 e. The fraction of sp³-hybridized carbons (Fsp3) is 0.429. The molecule has 0 bridgehead atoms. The number of thiophene rings is 2. The summed E-state index contributed by atoms with van der Waals surface area (Å²) in [5.74, 6) is 0. The minimum atomic E-state index is 0.250. The molecular formula is C14H17BrS2. The van der Waals surface area contributed by atoms with Crippen molar-refractivity contribution in [2.45, 2.75) is 37.9 Å². The van der Waals surface area contributed by atoms with Crippen LogP contribution in [0.1, 0.15) is 45.8 Å². The van der Waals surface area contributed by atoms with Gasteiger partial charge >= 0.3 is 0 Å². The van der Waals surface area contributed by atoms with Crippen molar-refractivity contribution < 1.29 is 0 Å². The molecule has 0 aromatic carbocycles. The Labute approximate surface area is 120 Å². The molecule has 2 rings (SSSR count). The first kappa shape index (κ1) is 13.3. The molecule has 2 aromatic rings. The Hall–Kier alpha value is -0.120. The van der Waals surface area contributed by atoms with Gasteiger partial charge < -0.3 is 0 Å². The number of hydrogen-bond donors (Lipinski definition) is 0. The second-order valence-corrected chi connectivity index (χ2v) is 8.26. The fourth-order valence-corrected chi connectivity index (χ4v) is 4.83. The fourth-order valence-electron chi connectivity index (χ4n) is 1.67. The van der Waals surface area contributed by atoms with Crippen LogP contribution in [0.3, 0.4) is 0 Å². The van der Waals surface area contributed by atoms with Gasteiger partial charge in [0.2, 0.25) is 0 Å². The lowest BCUT2D eigenvalue weighted by Crippen LogP contribution is -2.07. The third kappa shape index (κ3) is 2.83. The molecule has 17 heavy (non-hydrogen) atoms. The maximum Gasteiger partial charge on any atom is 0.0833 e. The summed E-state index contributed by atoms with van der Waals surface area (Å²) in [6.45, 7) is 8.98. The molecule has 0 amide bonds.